The van der Waals surface area contributed by atoms with Gasteiger partial charge in [0.15, 0.2) is 5.65 Å². The molecule has 0 saturated carbocycles. The topological polar surface area (TPSA) is 88.8 Å². The number of nitrogens with one attached hydrogen (secondary N) is 1. The Morgan fingerprint density at radius 3 is 3.00 bits per heavy atom. The lowest BCUT2D eigenvalue weighted by atomic mass is 10.2. The summed E-state index contributed by atoms with van der Waals surface area (Å²) in [6, 6.07) is 1.84. The highest BCUT2D eigenvalue weighted by molar-refractivity contribution is 5.95. The van der Waals surface area contributed by atoms with Gasteiger partial charge < -0.3 is 15.2 Å². The number of rotatable bonds is 5. The smallest absolute Gasteiger partial charge is 0.254 e. The van der Waals surface area contributed by atoms with Crippen LogP contribution in [-0.2, 0) is 4.74 Å². The largest absolute Gasteiger partial charge is 0.389 e. The first-order valence-corrected chi connectivity index (χ1v) is 6.30. The van der Waals surface area contributed by atoms with Crippen molar-refractivity contribution in [1.29, 1.82) is 0 Å². The maximum atomic E-state index is 12.1. The molecule has 0 saturated heterocycles. The molecule has 0 fully saturated rings. The lowest BCUT2D eigenvalue weighted by Crippen LogP contribution is -2.35. The first-order chi connectivity index (χ1) is 9.52. The minimum atomic E-state index is -0.729. The van der Waals surface area contributed by atoms with E-state index in [9.17, 15) is 9.90 Å². The van der Waals surface area contributed by atoms with Crippen LogP contribution < -0.4 is 5.32 Å². The second-order valence-electron chi connectivity index (χ2n) is 4.63. The highest BCUT2D eigenvalue weighted by Gasteiger charge is 2.14. The third-order valence-electron chi connectivity index (χ3n) is 2.95. The second-order valence-corrected chi connectivity index (χ2v) is 4.63. The fraction of sp³-hybridized carbons (Fsp3) is 0.462. The van der Waals surface area contributed by atoms with Gasteiger partial charge in [-0.05, 0) is 13.8 Å². The number of ether oxygens (including phenoxy) is 1. The van der Waals surface area contributed by atoms with Gasteiger partial charge in [0, 0.05) is 25.9 Å². The van der Waals surface area contributed by atoms with Crippen molar-refractivity contribution in [2.75, 3.05) is 20.3 Å². The summed E-state index contributed by atoms with van der Waals surface area (Å²) in [5, 5.41) is 16.4. The summed E-state index contributed by atoms with van der Waals surface area (Å²) < 4.78 is 6.43. The molecule has 0 aliphatic heterocycles. The molecule has 0 aliphatic rings. The van der Waals surface area contributed by atoms with E-state index in [2.05, 4.69) is 15.4 Å². The quantitative estimate of drug-likeness (QED) is 0.808. The molecular formula is C13H18N4O3. The standard InChI is InChI=1S/C13H18N4O3/c1-8-4-12-14-6-11(9(2)17(12)16-8)13(19)15-5-10(18)7-20-3/h4,6,10,18H,5,7H2,1-3H3,(H,15,19). The van der Waals surface area contributed by atoms with Crippen molar-refractivity contribution in [3.8, 4) is 0 Å². The molecule has 0 radical (unpaired) electrons. The zero-order valence-corrected chi connectivity index (χ0v) is 11.8. The van der Waals surface area contributed by atoms with Crippen LogP contribution in [0.1, 0.15) is 21.7 Å². The van der Waals surface area contributed by atoms with E-state index in [0.717, 1.165) is 5.69 Å². The Hall–Kier alpha value is -1.99. The SMILES string of the molecule is COCC(O)CNC(=O)c1cnc2cc(C)nn2c1C. The number of nitrogens with zero attached hydrogens (tertiary/aromatic N) is 3. The van der Waals surface area contributed by atoms with Crippen LogP contribution >= 0.6 is 0 Å². The van der Waals surface area contributed by atoms with Crippen molar-refractivity contribution in [2.45, 2.75) is 20.0 Å². The van der Waals surface area contributed by atoms with Crippen molar-refractivity contribution in [2.24, 2.45) is 0 Å². The van der Waals surface area contributed by atoms with Crippen molar-refractivity contribution >= 4 is 11.6 Å². The third-order valence-corrected chi connectivity index (χ3v) is 2.95. The van der Waals surface area contributed by atoms with Crippen LogP contribution in [0.15, 0.2) is 12.3 Å². The number of hydrogen-bond acceptors (Lipinski definition) is 5. The molecular weight excluding hydrogens is 260 g/mol. The lowest BCUT2D eigenvalue weighted by Gasteiger charge is -2.12. The van der Waals surface area contributed by atoms with Gasteiger partial charge in [0.25, 0.3) is 5.91 Å². The number of carbonyl (C=O) groups excluding carboxylic acids is 1. The number of aryl methyl sites for hydroxylation is 2. The van der Waals surface area contributed by atoms with Gasteiger partial charge in [-0.3, -0.25) is 4.79 Å². The number of aliphatic hydroxyl groups is 1. The average molecular weight is 278 g/mol. The van der Waals surface area contributed by atoms with Crippen molar-refractivity contribution in [3.63, 3.8) is 0 Å². The summed E-state index contributed by atoms with van der Waals surface area (Å²) in [7, 11) is 1.49. The predicted octanol–water partition coefficient (Wildman–Crippen LogP) is 0.0832. The predicted molar refractivity (Wildman–Crippen MR) is 72.7 cm³/mol. The second kappa shape index (κ2) is 5.98. The normalized spacial score (nSPS) is 12.6. The Bertz CT molecular complexity index is 623. The lowest BCUT2D eigenvalue weighted by molar-refractivity contribution is 0.0609. The van der Waals surface area contributed by atoms with Crippen LogP contribution in [0.25, 0.3) is 5.65 Å². The van der Waals surface area contributed by atoms with Gasteiger partial charge in [0.2, 0.25) is 0 Å². The van der Waals surface area contributed by atoms with E-state index < -0.39 is 6.10 Å². The van der Waals surface area contributed by atoms with Gasteiger partial charge in [-0.25, -0.2) is 9.50 Å². The van der Waals surface area contributed by atoms with Gasteiger partial charge in [-0.15, -0.1) is 0 Å². The van der Waals surface area contributed by atoms with E-state index in [1.165, 1.54) is 13.3 Å². The summed E-state index contributed by atoms with van der Waals surface area (Å²) in [5.41, 5.74) is 2.69. The molecule has 2 rings (SSSR count). The number of hydrogen-bond donors (Lipinski definition) is 2. The molecule has 0 aliphatic carbocycles. The van der Waals surface area contributed by atoms with E-state index in [4.69, 9.17) is 4.74 Å². The summed E-state index contributed by atoms with van der Waals surface area (Å²) in [6.07, 6.45) is 0.789. The van der Waals surface area contributed by atoms with E-state index in [0.29, 0.717) is 16.9 Å². The van der Waals surface area contributed by atoms with Crippen molar-refractivity contribution < 1.29 is 14.6 Å². The molecule has 1 unspecified atom stereocenters. The van der Waals surface area contributed by atoms with Crippen LogP contribution in [0.5, 0.6) is 0 Å². The molecule has 1 amide bonds. The molecule has 108 valence electrons. The third kappa shape index (κ3) is 2.94. The first-order valence-electron chi connectivity index (χ1n) is 6.30. The number of fused-ring (bicyclic) bond motifs is 1. The Balaban J connectivity index is 2.16. The number of aliphatic hydroxyl groups excluding tert-OH is 1. The van der Waals surface area contributed by atoms with Crippen LogP contribution in [0.2, 0.25) is 0 Å². The minimum Gasteiger partial charge on any atom is -0.389 e. The molecule has 7 heteroatoms. The summed E-state index contributed by atoms with van der Waals surface area (Å²) in [5.74, 6) is -0.291. The molecule has 1 atom stereocenters. The molecule has 0 aromatic carbocycles. The fourth-order valence-corrected chi connectivity index (χ4v) is 1.94. The Kier molecular flexibility index (Phi) is 4.31. The Morgan fingerprint density at radius 1 is 1.55 bits per heavy atom. The van der Waals surface area contributed by atoms with Gasteiger partial charge in [0.1, 0.15) is 0 Å². The summed E-state index contributed by atoms with van der Waals surface area (Å²) in [4.78, 5) is 16.3. The number of carbonyl (C=O) groups is 1. The van der Waals surface area contributed by atoms with E-state index in [-0.39, 0.29) is 19.1 Å². The Morgan fingerprint density at radius 2 is 2.30 bits per heavy atom. The average Bonchev–Trinajstić information content (AvgIpc) is 2.78. The van der Waals surface area contributed by atoms with Crippen LogP contribution in [0.4, 0.5) is 0 Å². The monoisotopic (exact) mass is 278 g/mol. The molecule has 7 nitrogen and oxygen atoms in total. The summed E-state index contributed by atoms with van der Waals surface area (Å²) in [6.45, 7) is 3.98. The van der Waals surface area contributed by atoms with Gasteiger partial charge >= 0.3 is 0 Å². The highest BCUT2D eigenvalue weighted by atomic mass is 16.5. The zero-order valence-electron chi connectivity index (χ0n) is 11.8. The molecule has 2 aromatic rings. The van der Waals surface area contributed by atoms with E-state index in [1.807, 2.05) is 19.9 Å². The van der Waals surface area contributed by atoms with Crippen LogP contribution in [0, 0.1) is 13.8 Å². The Labute approximate surface area is 116 Å². The van der Waals surface area contributed by atoms with Gasteiger partial charge in [0.05, 0.1) is 29.7 Å². The molecule has 2 N–H and O–H groups in total. The first kappa shape index (κ1) is 14.4. The maximum absolute atomic E-state index is 12.1. The maximum Gasteiger partial charge on any atom is 0.254 e. The van der Waals surface area contributed by atoms with Crippen LogP contribution in [-0.4, -0.2) is 52.0 Å². The van der Waals surface area contributed by atoms with Crippen molar-refractivity contribution in [1.82, 2.24) is 19.9 Å². The highest BCUT2D eigenvalue weighted by Crippen LogP contribution is 2.10. The molecule has 2 heterocycles. The summed E-state index contributed by atoms with van der Waals surface area (Å²) >= 11 is 0. The fourth-order valence-electron chi connectivity index (χ4n) is 1.94. The number of amides is 1. The zero-order chi connectivity index (χ0) is 14.7. The molecule has 20 heavy (non-hydrogen) atoms. The van der Waals surface area contributed by atoms with E-state index >= 15 is 0 Å². The van der Waals surface area contributed by atoms with Crippen molar-refractivity contribution in [3.05, 3.63) is 29.2 Å². The molecule has 2 aromatic heterocycles. The number of methoxy groups -OCH3 is 1. The van der Waals surface area contributed by atoms with E-state index in [1.54, 1.807) is 4.52 Å². The van der Waals surface area contributed by atoms with Gasteiger partial charge in [-0.1, -0.05) is 0 Å². The van der Waals surface area contributed by atoms with Crippen LogP contribution in [0.3, 0.4) is 0 Å². The number of aromatic nitrogens is 3. The molecule has 0 bridgehead atoms. The van der Waals surface area contributed by atoms with Gasteiger partial charge in [-0.2, -0.15) is 5.10 Å². The minimum absolute atomic E-state index is 0.127. The molecule has 0 spiro atoms.